The van der Waals surface area contributed by atoms with Crippen LogP contribution in [0.2, 0.25) is 0 Å². The molecule has 0 spiro atoms. The molecule has 3 aromatic rings. The van der Waals surface area contributed by atoms with Crippen molar-refractivity contribution in [3.05, 3.63) is 53.8 Å². The number of benzene rings is 2. The molecular formula is C23H27FN4O3S2. The normalized spacial score (nSPS) is 14.4. The van der Waals surface area contributed by atoms with Gasteiger partial charge in [-0.25, -0.2) is 17.8 Å². The third kappa shape index (κ3) is 5.08. The summed E-state index contributed by atoms with van der Waals surface area (Å²) >= 11 is 1.26. The Morgan fingerprint density at radius 3 is 2.39 bits per heavy atom. The van der Waals surface area contributed by atoms with Crippen LogP contribution in [0.15, 0.2) is 47.4 Å². The molecule has 1 amide bonds. The highest BCUT2D eigenvalue weighted by atomic mass is 32.2. The summed E-state index contributed by atoms with van der Waals surface area (Å²) < 4.78 is 41.8. The van der Waals surface area contributed by atoms with Gasteiger partial charge in [-0.3, -0.25) is 9.69 Å². The number of para-hydroxylation sites is 1. The smallest absolute Gasteiger partial charge is 0.260 e. The van der Waals surface area contributed by atoms with Crippen LogP contribution in [-0.4, -0.2) is 68.8 Å². The number of sulfonamides is 1. The lowest BCUT2D eigenvalue weighted by Gasteiger charge is -2.21. The number of hydrogen-bond donors (Lipinski definition) is 0. The van der Waals surface area contributed by atoms with E-state index in [0.717, 1.165) is 19.4 Å². The molecule has 1 aromatic heterocycles. The topological polar surface area (TPSA) is 73.8 Å². The molecule has 0 saturated heterocycles. The molecule has 0 unspecified atom stereocenters. The average molecular weight is 491 g/mol. The van der Waals surface area contributed by atoms with Gasteiger partial charge in [0.15, 0.2) is 5.13 Å². The van der Waals surface area contributed by atoms with Gasteiger partial charge in [0.2, 0.25) is 10.0 Å². The lowest BCUT2D eigenvalue weighted by molar-refractivity contribution is 0.0986. The number of amides is 1. The Morgan fingerprint density at radius 1 is 1.09 bits per heavy atom. The first-order chi connectivity index (χ1) is 15.7. The van der Waals surface area contributed by atoms with Gasteiger partial charge in [0, 0.05) is 25.2 Å². The standard InChI is InChI=1S/C23H27FN4O3S2/c1-26(2)14-5-15-28(23-25-21-19(24)6-4-7-20(21)32-23)22(29)16-8-12-18(13-9-16)33(30,31)27(3)17-10-11-17/h4,6-9,12-13,17H,5,10-11,14-15H2,1-3H3. The Hall–Kier alpha value is -2.40. The van der Waals surface area contributed by atoms with Crippen molar-refractivity contribution in [1.29, 1.82) is 0 Å². The van der Waals surface area contributed by atoms with Crippen molar-refractivity contribution in [2.24, 2.45) is 0 Å². The van der Waals surface area contributed by atoms with Crippen molar-refractivity contribution < 1.29 is 17.6 Å². The number of halogens is 1. The highest BCUT2D eigenvalue weighted by molar-refractivity contribution is 7.89. The fourth-order valence-corrected chi connectivity index (χ4v) is 5.99. The van der Waals surface area contributed by atoms with E-state index in [-0.39, 0.29) is 22.4 Å². The molecule has 1 saturated carbocycles. The average Bonchev–Trinajstić information content (AvgIpc) is 3.54. The van der Waals surface area contributed by atoms with E-state index in [4.69, 9.17) is 0 Å². The Balaban J connectivity index is 1.62. The molecule has 1 heterocycles. The van der Waals surface area contributed by atoms with Crippen molar-refractivity contribution >= 4 is 42.6 Å². The molecule has 1 aliphatic rings. The Labute approximate surface area is 197 Å². The zero-order valence-electron chi connectivity index (χ0n) is 18.9. The predicted octanol–water partition coefficient (Wildman–Crippen LogP) is 3.82. The quantitative estimate of drug-likeness (QED) is 0.456. The first-order valence-electron chi connectivity index (χ1n) is 10.8. The number of fused-ring (bicyclic) bond motifs is 1. The first-order valence-corrected chi connectivity index (χ1v) is 13.0. The molecule has 0 bridgehead atoms. The van der Waals surface area contributed by atoms with E-state index < -0.39 is 15.8 Å². The number of thiazole rings is 1. The second-order valence-electron chi connectivity index (χ2n) is 8.47. The summed E-state index contributed by atoms with van der Waals surface area (Å²) in [6, 6.07) is 10.8. The van der Waals surface area contributed by atoms with E-state index in [9.17, 15) is 17.6 Å². The molecule has 1 fully saturated rings. The van der Waals surface area contributed by atoms with Crippen LogP contribution in [0.25, 0.3) is 10.2 Å². The molecule has 4 rings (SSSR count). The third-order valence-corrected chi connectivity index (χ3v) is 8.63. The number of nitrogens with zero attached hydrogens (tertiary/aromatic N) is 4. The zero-order valence-corrected chi connectivity index (χ0v) is 20.5. The summed E-state index contributed by atoms with van der Waals surface area (Å²) in [7, 11) is 1.91. The van der Waals surface area contributed by atoms with E-state index in [2.05, 4.69) is 4.98 Å². The number of rotatable bonds is 9. The van der Waals surface area contributed by atoms with Gasteiger partial charge < -0.3 is 4.90 Å². The number of hydrogen-bond acceptors (Lipinski definition) is 6. The molecule has 0 N–H and O–H groups in total. The number of aromatic nitrogens is 1. The summed E-state index contributed by atoms with van der Waals surface area (Å²) in [5.74, 6) is -0.724. The molecule has 0 radical (unpaired) electrons. The SMILES string of the molecule is CN(C)CCCN(C(=O)c1ccc(S(=O)(=O)N(C)C2CC2)cc1)c1nc2c(F)cccc2s1. The number of anilines is 1. The van der Waals surface area contributed by atoms with E-state index in [1.54, 1.807) is 24.1 Å². The molecular weight excluding hydrogens is 463 g/mol. The lowest BCUT2D eigenvalue weighted by Crippen LogP contribution is -2.33. The molecule has 0 aliphatic heterocycles. The maximum atomic E-state index is 14.2. The van der Waals surface area contributed by atoms with Crippen LogP contribution in [0.4, 0.5) is 9.52 Å². The number of carbonyl (C=O) groups excluding carboxylic acids is 1. The molecule has 33 heavy (non-hydrogen) atoms. The van der Waals surface area contributed by atoms with Gasteiger partial charge in [0.25, 0.3) is 5.91 Å². The fraction of sp³-hybridized carbons (Fsp3) is 0.391. The molecule has 2 aromatic carbocycles. The van der Waals surface area contributed by atoms with Crippen LogP contribution in [0, 0.1) is 5.82 Å². The predicted molar refractivity (Wildman–Crippen MR) is 129 cm³/mol. The van der Waals surface area contributed by atoms with Crippen molar-refractivity contribution in [3.63, 3.8) is 0 Å². The maximum absolute atomic E-state index is 14.2. The molecule has 1 aliphatic carbocycles. The van der Waals surface area contributed by atoms with Gasteiger partial charge in [-0.05, 0) is 76.3 Å². The van der Waals surface area contributed by atoms with Crippen LogP contribution >= 0.6 is 11.3 Å². The minimum absolute atomic E-state index is 0.0583. The summed E-state index contributed by atoms with van der Waals surface area (Å²) in [4.78, 5) is 21.6. The summed E-state index contributed by atoms with van der Waals surface area (Å²) in [6.45, 7) is 1.18. The van der Waals surface area contributed by atoms with Crippen molar-refractivity contribution in [3.8, 4) is 0 Å². The Bertz CT molecular complexity index is 1250. The van der Waals surface area contributed by atoms with Gasteiger partial charge in [-0.1, -0.05) is 17.4 Å². The van der Waals surface area contributed by atoms with E-state index in [0.29, 0.717) is 28.4 Å². The Morgan fingerprint density at radius 2 is 1.79 bits per heavy atom. The van der Waals surface area contributed by atoms with E-state index in [1.807, 2.05) is 19.0 Å². The lowest BCUT2D eigenvalue weighted by atomic mass is 10.2. The van der Waals surface area contributed by atoms with Gasteiger partial charge >= 0.3 is 0 Å². The first kappa shape index (κ1) is 23.7. The summed E-state index contributed by atoms with van der Waals surface area (Å²) in [5, 5.41) is 0.420. The van der Waals surface area contributed by atoms with E-state index >= 15 is 0 Å². The van der Waals surface area contributed by atoms with Crippen molar-refractivity contribution in [2.45, 2.75) is 30.2 Å². The molecule has 176 valence electrons. The van der Waals surface area contributed by atoms with E-state index in [1.165, 1.54) is 46.0 Å². The second kappa shape index (κ2) is 9.46. The molecule has 10 heteroatoms. The van der Waals surface area contributed by atoms with Crippen LogP contribution in [0.1, 0.15) is 29.6 Å². The highest BCUT2D eigenvalue weighted by Gasteiger charge is 2.35. The molecule has 7 nitrogen and oxygen atoms in total. The van der Waals surface area contributed by atoms with Gasteiger partial charge in [0.05, 0.1) is 9.60 Å². The molecule has 0 atom stereocenters. The fourth-order valence-electron chi connectivity index (χ4n) is 3.57. The van der Waals surface area contributed by atoms with Crippen LogP contribution in [0.5, 0.6) is 0 Å². The zero-order chi connectivity index (χ0) is 23.8. The maximum Gasteiger partial charge on any atom is 0.260 e. The van der Waals surface area contributed by atoms with Gasteiger partial charge in [0.1, 0.15) is 11.3 Å². The summed E-state index contributed by atoms with van der Waals surface area (Å²) in [5.41, 5.74) is 0.597. The van der Waals surface area contributed by atoms with Gasteiger partial charge in [-0.15, -0.1) is 0 Å². The largest absolute Gasteiger partial charge is 0.309 e. The second-order valence-corrected chi connectivity index (χ2v) is 11.5. The van der Waals surface area contributed by atoms with Crippen LogP contribution in [-0.2, 0) is 10.0 Å². The number of carbonyl (C=O) groups is 1. The monoisotopic (exact) mass is 490 g/mol. The minimum Gasteiger partial charge on any atom is -0.309 e. The Kier molecular flexibility index (Phi) is 6.81. The minimum atomic E-state index is -3.59. The van der Waals surface area contributed by atoms with Crippen LogP contribution < -0.4 is 4.90 Å². The van der Waals surface area contributed by atoms with Crippen molar-refractivity contribution in [2.75, 3.05) is 39.1 Å². The van der Waals surface area contributed by atoms with Gasteiger partial charge in [-0.2, -0.15) is 4.31 Å². The van der Waals surface area contributed by atoms with Crippen molar-refractivity contribution in [1.82, 2.24) is 14.2 Å². The summed E-state index contributed by atoms with van der Waals surface area (Å²) in [6.07, 6.45) is 2.45. The third-order valence-electron chi connectivity index (χ3n) is 5.66. The van der Waals surface area contributed by atoms with Crippen LogP contribution in [0.3, 0.4) is 0 Å². The highest BCUT2D eigenvalue weighted by Crippen LogP contribution is 2.32.